The lowest BCUT2D eigenvalue weighted by Gasteiger charge is -2.33. The van der Waals surface area contributed by atoms with Gasteiger partial charge < -0.3 is 10.2 Å². The highest BCUT2D eigenvalue weighted by Crippen LogP contribution is 2.24. The number of halogens is 1. The topological polar surface area (TPSA) is 86.8 Å². The molecule has 3 rings (SSSR count). The fourth-order valence-electron chi connectivity index (χ4n) is 4.22. The molecule has 0 saturated heterocycles. The van der Waals surface area contributed by atoms with E-state index in [2.05, 4.69) is 5.32 Å². The van der Waals surface area contributed by atoms with Gasteiger partial charge in [-0.1, -0.05) is 73.1 Å². The molecule has 0 aromatic heterocycles. The number of nitrogens with one attached hydrogen (secondary N) is 1. The van der Waals surface area contributed by atoms with E-state index in [1.165, 1.54) is 4.90 Å². The fourth-order valence-corrected chi connectivity index (χ4v) is 5.26. The number of rotatable bonds is 12. The first-order chi connectivity index (χ1) is 18.5. The van der Waals surface area contributed by atoms with Crippen molar-refractivity contribution in [1.29, 1.82) is 0 Å². The number of benzene rings is 3. The van der Waals surface area contributed by atoms with Crippen LogP contribution in [0.3, 0.4) is 0 Å². The second kappa shape index (κ2) is 13.6. The van der Waals surface area contributed by atoms with Gasteiger partial charge in [0.2, 0.25) is 21.8 Å². The van der Waals surface area contributed by atoms with Gasteiger partial charge in [-0.2, -0.15) is 0 Å². The second-order valence-corrected chi connectivity index (χ2v) is 12.0. The summed E-state index contributed by atoms with van der Waals surface area (Å²) in [5.74, 6) is -0.815. The van der Waals surface area contributed by atoms with Gasteiger partial charge in [-0.15, -0.1) is 0 Å². The molecule has 1 N–H and O–H groups in total. The van der Waals surface area contributed by atoms with Gasteiger partial charge in [0, 0.05) is 24.5 Å². The molecule has 0 heterocycles. The van der Waals surface area contributed by atoms with Crippen LogP contribution in [-0.4, -0.2) is 50.5 Å². The van der Waals surface area contributed by atoms with Gasteiger partial charge in [0.05, 0.1) is 11.9 Å². The maximum Gasteiger partial charge on any atom is 0.244 e. The molecule has 39 heavy (non-hydrogen) atoms. The smallest absolute Gasteiger partial charge is 0.244 e. The van der Waals surface area contributed by atoms with Crippen molar-refractivity contribution in [2.45, 2.75) is 46.2 Å². The van der Waals surface area contributed by atoms with Crippen LogP contribution < -0.4 is 9.62 Å². The molecule has 3 aromatic carbocycles. The lowest BCUT2D eigenvalue weighted by Crippen LogP contribution is -2.53. The normalized spacial score (nSPS) is 12.0. The van der Waals surface area contributed by atoms with Crippen molar-refractivity contribution in [3.05, 3.63) is 100 Å². The van der Waals surface area contributed by atoms with Crippen molar-refractivity contribution in [1.82, 2.24) is 10.2 Å². The number of sulfonamides is 1. The molecule has 9 heteroatoms. The molecule has 0 radical (unpaired) electrons. The Bertz CT molecular complexity index is 1400. The second-order valence-electron chi connectivity index (χ2n) is 9.65. The molecule has 0 aliphatic carbocycles. The third-order valence-electron chi connectivity index (χ3n) is 6.58. The highest BCUT2D eigenvalue weighted by atomic mass is 35.5. The molecular formula is C30H36ClN3O4S. The highest BCUT2D eigenvalue weighted by Gasteiger charge is 2.33. The Morgan fingerprint density at radius 2 is 1.62 bits per heavy atom. The van der Waals surface area contributed by atoms with Crippen molar-refractivity contribution in [3.63, 3.8) is 0 Å². The Balaban J connectivity index is 2.06. The maximum atomic E-state index is 14.0. The van der Waals surface area contributed by atoms with Crippen molar-refractivity contribution >= 4 is 39.1 Å². The van der Waals surface area contributed by atoms with Gasteiger partial charge in [0.1, 0.15) is 12.6 Å². The highest BCUT2D eigenvalue weighted by molar-refractivity contribution is 7.92. The summed E-state index contributed by atoms with van der Waals surface area (Å²) >= 11 is 6.46. The van der Waals surface area contributed by atoms with Crippen LogP contribution in [-0.2, 0) is 32.6 Å². The van der Waals surface area contributed by atoms with E-state index in [4.69, 9.17) is 11.6 Å². The molecule has 0 fully saturated rings. The number of nitrogens with zero attached hydrogens (tertiary/aromatic N) is 2. The molecule has 208 valence electrons. The van der Waals surface area contributed by atoms with Crippen molar-refractivity contribution in [2.24, 2.45) is 0 Å². The van der Waals surface area contributed by atoms with E-state index in [1.54, 1.807) is 30.3 Å². The lowest BCUT2D eigenvalue weighted by molar-refractivity contribution is -0.140. The Kier molecular flexibility index (Phi) is 10.5. The van der Waals surface area contributed by atoms with Crippen molar-refractivity contribution < 1.29 is 18.0 Å². The first-order valence-electron chi connectivity index (χ1n) is 12.9. The molecule has 1 atom stereocenters. The molecule has 7 nitrogen and oxygen atoms in total. The zero-order valence-corrected chi connectivity index (χ0v) is 24.4. The largest absolute Gasteiger partial charge is 0.354 e. The molecule has 0 aliphatic heterocycles. The van der Waals surface area contributed by atoms with Crippen LogP contribution in [0, 0.1) is 13.8 Å². The van der Waals surface area contributed by atoms with E-state index in [0.29, 0.717) is 22.8 Å². The minimum atomic E-state index is -3.82. The van der Waals surface area contributed by atoms with Crippen molar-refractivity contribution in [2.75, 3.05) is 23.7 Å². The molecular weight excluding hydrogens is 534 g/mol. The van der Waals surface area contributed by atoms with E-state index in [9.17, 15) is 18.0 Å². The van der Waals surface area contributed by atoms with Crippen LogP contribution in [0.25, 0.3) is 0 Å². The van der Waals surface area contributed by atoms with E-state index < -0.39 is 28.5 Å². The average Bonchev–Trinajstić information content (AvgIpc) is 2.90. The summed E-state index contributed by atoms with van der Waals surface area (Å²) in [7, 11) is -3.82. The SMILES string of the molecule is CCCNC(=O)[C@@H](Cc1ccccc1)N(Cc1ccccc1Cl)C(=O)CN(c1ccc(C)c(C)c1)S(C)(=O)=O. The van der Waals surface area contributed by atoms with Gasteiger partial charge in [0.15, 0.2) is 0 Å². The van der Waals surface area contributed by atoms with Crippen LogP contribution in [0.2, 0.25) is 5.02 Å². The predicted molar refractivity (Wildman–Crippen MR) is 157 cm³/mol. The number of amides is 2. The van der Waals surface area contributed by atoms with Gasteiger partial charge >= 0.3 is 0 Å². The minimum Gasteiger partial charge on any atom is -0.354 e. The Morgan fingerprint density at radius 3 is 2.23 bits per heavy atom. The minimum absolute atomic E-state index is 0.0417. The van der Waals surface area contributed by atoms with E-state index in [-0.39, 0.29) is 18.9 Å². The monoisotopic (exact) mass is 569 g/mol. The first kappa shape index (κ1) is 30.2. The van der Waals surface area contributed by atoms with Crippen LogP contribution >= 0.6 is 11.6 Å². The molecule has 0 aliphatic rings. The summed E-state index contributed by atoms with van der Waals surface area (Å²) < 4.78 is 26.9. The number of carbonyl (C=O) groups is 2. The third-order valence-corrected chi connectivity index (χ3v) is 8.09. The van der Waals surface area contributed by atoms with Crippen molar-refractivity contribution in [3.8, 4) is 0 Å². The number of hydrogen-bond donors (Lipinski definition) is 1. The lowest BCUT2D eigenvalue weighted by atomic mass is 10.0. The summed E-state index contributed by atoms with van der Waals surface area (Å²) in [6.45, 7) is 5.81. The molecule has 3 aromatic rings. The zero-order chi connectivity index (χ0) is 28.6. The van der Waals surface area contributed by atoms with Crippen LogP contribution in [0.15, 0.2) is 72.8 Å². The molecule has 0 bridgehead atoms. The standard InChI is InChI=1S/C30H36ClN3O4S/c1-5-17-32-30(36)28(19-24-11-7-6-8-12-24)33(20-25-13-9-10-14-27(25)31)29(35)21-34(39(4,37)38)26-16-15-22(2)23(3)18-26/h6-16,18,28H,5,17,19-21H2,1-4H3,(H,32,36)/t28-/m1/s1. The maximum absolute atomic E-state index is 14.0. The van der Waals surface area contributed by atoms with E-state index in [1.807, 2.05) is 63.2 Å². The number of carbonyl (C=O) groups excluding carboxylic acids is 2. The Hall–Kier alpha value is -3.36. The molecule has 0 spiro atoms. The number of anilines is 1. The van der Waals surface area contributed by atoms with Gasteiger partial charge in [0.25, 0.3) is 0 Å². The van der Waals surface area contributed by atoms with Gasteiger partial charge in [-0.05, 0) is 60.7 Å². The van der Waals surface area contributed by atoms with Gasteiger partial charge in [-0.3, -0.25) is 13.9 Å². The Labute approximate surface area is 236 Å². The third kappa shape index (κ3) is 8.31. The molecule has 0 unspecified atom stereocenters. The predicted octanol–water partition coefficient (Wildman–Crippen LogP) is 4.89. The number of aryl methyl sites for hydroxylation is 2. The summed E-state index contributed by atoms with van der Waals surface area (Å²) in [5.41, 5.74) is 3.84. The first-order valence-corrected chi connectivity index (χ1v) is 15.1. The summed E-state index contributed by atoms with van der Waals surface area (Å²) in [4.78, 5) is 29.0. The zero-order valence-electron chi connectivity index (χ0n) is 22.9. The Morgan fingerprint density at radius 1 is 0.949 bits per heavy atom. The van der Waals surface area contributed by atoms with Gasteiger partial charge in [-0.25, -0.2) is 8.42 Å². The summed E-state index contributed by atoms with van der Waals surface area (Å²) in [6.07, 6.45) is 2.06. The fraction of sp³-hybridized carbons (Fsp3) is 0.333. The van der Waals surface area contributed by atoms with Crippen LogP contribution in [0.5, 0.6) is 0 Å². The van der Waals surface area contributed by atoms with Crippen LogP contribution in [0.1, 0.15) is 35.6 Å². The summed E-state index contributed by atoms with van der Waals surface area (Å²) in [5, 5.41) is 3.38. The summed E-state index contributed by atoms with van der Waals surface area (Å²) in [6, 6.07) is 20.9. The molecule has 0 saturated carbocycles. The number of hydrogen-bond acceptors (Lipinski definition) is 4. The van der Waals surface area contributed by atoms with Crippen LogP contribution in [0.4, 0.5) is 5.69 Å². The van der Waals surface area contributed by atoms with E-state index in [0.717, 1.165) is 33.7 Å². The van der Waals surface area contributed by atoms with E-state index >= 15 is 0 Å². The quantitative estimate of drug-likeness (QED) is 0.336. The average molecular weight is 570 g/mol. The molecule has 2 amide bonds.